The minimum absolute atomic E-state index is 0.209. The highest BCUT2D eigenvalue weighted by atomic mass is 16.6. The molecule has 6 nitrogen and oxygen atoms in total. The van der Waals surface area contributed by atoms with Crippen molar-refractivity contribution in [1.82, 2.24) is 5.32 Å². The van der Waals surface area contributed by atoms with Crippen molar-refractivity contribution in [2.75, 3.05) is 7.11 Å². The Labute approximate surface area is 118 Å². The number of rotatable bonds is 6. The van der Waals surface area contributed by atoms with E-state index in [0.29, 0.717) is 0 Å². The summed E-state index contributed by atoms with van der Waals surface area (Å²) in [6.07, 6.45) is 0. The zero-order chi connectivity index (χ0) is 15.3. The van der Waals surface area contributed by atoms with E-state index < -0.39 is 22.5 Å². The maximum absolute atomic E-state index is 11.8. The van der Waals surface area contributed by atoms with E-state index in [1.54, 1.807) is 0 Å². The lowest BCUT2D eigenvalue weighted by Gasteiger charge is -2.28. The van der Waals surface area contributed by atoms with Gasteiger partial charge in [0.2, 0.25) is 5.54 Å². The number of nitro groups is 1. The molecule has 6 heteroatoms. The van der Waals surface area contributed by atoms with E-state index in [1.165, 1.54) is 21.0 Å². The highest BCUT2D eigenvalue weighted by Gasteiger charge is 2.46. The summed E-state index contributed by atoms with van der Waals surface area (Å²) >= 11 is 0. The number of hydrogen-bond acceptors (Lipinski definition) is 5. The average Bonchev–Trinajstić information content (AvgIpc) is 2.44. The van der Waals surface area contributed by atoms with Crippen molar-refractivity contribution in [2.45, 2.75) is 38.4 Å². The van der Waals surface area contributed by atoms with Crippen LogP contribution in [0.15, 0.2) is 30.3 Å². The van der Waals surface area contributed by atoms with E-state index in [2.05, 4.69) is 10.1 Å². The summed E-state index contributed by atoms with van der Waals surface area (Å²) in [5, 5.41) is 14.1. The van der Waals surface area contributed by atoms with Gasteiger partial charge in [0.05, 0.1) is 7.11 Å². The van der Waals surface area contributed by atoms with Crippen LogP contribution in [0.5, 0.6) is 0 Å². The van der Waals surface area contributed by atoms with Gasteiger partial charge in [-0.15, -0.1) is 0 Å². The molecule has 0 aliphatic heterocycles. The van der Waals surface area contributed by atoms with Gasteiger partial charge in [0.1, 0.15) is 0 Å². The maximum atomic E-state index is 11.8. The number of hydrogen-bond donors (Lipinski definition) is 1. The van der Waals surface area contributed by atoms with Gasteiger partial charge in [0, 0.05) is 24.8 Å². The first kappa shape index (κ1) is 16.1. The molecule has 1 aromatic carbocycles. The molecule has 0 saturated heterocycles. The molecule has 0 heterocycles. The summed E-state index contributed by atoms with van der Waals surface area (Å²) < 4.78 is 4.68. The predicted octanol–water partition coefficient (Wildman–Crippen LogP) is 1.93. The van der Waals surface area contributed by atoms with Crippen molar-refractivity contribution in [3.8, 4) is 0 Å². The van der Waals surface area contributed by atoms with Crippen LogP contribution >= 0.6 is 0 Å². The molecule has 1 rings (SSSR count). The van der Waals surface area contributed by atoms with Gasteiger partial charge < -0.3 is 4.74 Å². The van der Waals surface area contributed by atoms with Gasteiger partial charge in [-0.1, -0.05) is 30.3 Å². The minimum atomic E-state index is -1.46. The summed E-state index contributed by atoms with van der Waals surface area (Å²) in [5.41, 5.74) is -0.517. The van der Waals surface area contributed by atoms with E-state index in [-0.39, 0.29) is 6.04 Å². The molecular formula is C14H20N2O4. The Morgan fingerprint density at radius 2 is 1.90 bits per heavy atom. The zero-order valence-corrected chi connectivity index (χ0v) is 12.1. The molecule has 0 radical (unpaired) electrons. The molecule has 0 fully saturated rings. The molecule has 2 unspecified atom stereocenters. The van der Waals surface area contributed by atoms with Crippen molar-refractivity contribution in [1.29, 1.82) is 0 Å². The third kappa shape index (κ3) is 3.54. The average molecular weight is 280 g/mol. The fraction of sp³-hybridized carbons (Fsp3) is 0.500. The van der Waals surface area contributed by atoms with Gasteiger partial charge in [0.25, 0.3) is 0 Å². The quantitative estimate of drug-likeness (QED) is 0.489. The fourth-order valence-corrected chi connectivity index (χ4v) is 1.87. The first-order valence-electron chi connectivity index (χ1n) is 6.34. The van der Waals surface area contributed by atoms with Gasteiger partial charge in [-0.05, 0) is 12.5 Å². The normalized spacial score (nSPS) is 14.4. The molecule has 1 N–H and O–H groups in total. The third-order valence-corrected chi connectivity index (χ3v) is 3.33. The van der Waals surface area contributed by atoms with Crippen molar-refractivity contribution < 1.29 is 14.5 Å². The van der Waals surface area contributed by atoms with E-state index in [1.807, 2.05) is 37.3 Å². The standard InChI is InChI=1S/C14H20N2O4/c1-10(11-8-6-5-7-9-11)15-12(13(17)20-4)14(2,3)16(18)19/h5-10,12,15H,1-4H3. The number of ether oxygens (including phenoxy) is 1. The SMILES string of the molecule is COC(=O)C(NC(C)c1ccccc1)C(C)(C)[N+](=O)[O-]. The molecule has 0 saturated carbocycles. The Morgan fingerprint density at radius 3 is 2.35 bits per heavy atom. The fourth-order valence-electron chi connectivity index (χ4n) is 1.87. The number of carbonyl (C=O) groups excluding carboxylic acids is 1. The topological polar surface area (TPSA) is 81.5 Å². The third-order valence-electron chi connectivity index (χ3n) is 3.33. The van der Waals surface area contributed by atoms with Crippen LogP contribution in [-0.4, -0.2) is 29.6 Å². The smallest absolute Gasteiger partial charge is 0.330 e. The Balaban J connectivity index is 2.97. The zero-order valence-electron chi connectivity index (χ0n) is 12.1. The van der Waals surface area contributed by atoms with Crippen LogP contribution in [-0.2, 0) is 9.53 Å². The number of nitrogens with zero attached hydrogens (tertiary/aromatic N) is 1. The predicted molar refractivity (Wildman–Crippen MR) is 74.9 cm³/mol. The van der Waals surface area contributed by atoms with Crippen LogP contribution in [0.25, 0.3) is 0 Å². The van der Waals surface area contributed by atoms with E-state index >= 15 is 0 Å². The first-order chi connectivity index (χ1) is 9.30. The van der Waals surface area contributed by atoms with Crippen LogP contribution in [0, 0.1) is 10.1 Å². The second-order valence-electron chi connectivity index (χ2n) is 5.17. The second kappa shape index (κ2) is 6.47. The molecule has 0 amide bonds. The van der Waals surface area contributed by atoms with Gasteiger partial charge in [-0.2, -0.15) is 0 Å². The van der Waals surface area contributed by atoms with Gasteiger partial charge >= 0.3 is 5.97 Å². The number of nitrogens with one attached hydrogen (secondary N) is 1. The summed E-state index contributed by atoms with van der Waals surface area (Å²) in [7, 11) is 1.22. The van der Waals surface area contributed by atoms with Crippen molar-refractivity contribution >= 4 is 5.97 Å². The highest BCUT2D eigenvalue weighted by molar-refractivity contribution is 5.77. The number of benzene rings is 1. The summed E-state index contributed by atoms with van der Waals surface area (Å²) in [5.74, 6) is -0.644. The van der Waals surface area contributed by atoms with E-state index in [0.717, 1.165) is 5.56 Å². The summed E-state index contributed by atoms with van der Waals surface area (Å²) in [4.78, 5) is 22.5. The molecular weight excluding hydrogens is 260 g/mol. The van der Waals surface area contributed by atoms with Crippen LogP contribution in [0.4, 0.5) is 0 Å². The van der Waals surface area contributed by atoms with Gasteiger partial charge in [-0.3, -0.25) is 20.2 Å². The minimum Gasteiger partial charge on any atom is -0.468 e. The van der Waals surface area contributed by atoms with Crippen LogP contribution in [0.3, 0.4) is 0 Å². The van der Waals surface area contributed by atoms with Gasteiger partial charge in [-0.25, -0.2) is 0 Å². The summed E-state index contributed by atoms with van der Waals surface area (Å²) in [6, 6.07) is 8.18. The van der Waals surface area contributed by atoms with Crippen LogP contribution < -0.4 is 5.32 Å². The second-order valence-corrected chi connectivity index (χ2v) is 5.17. The Hall–Kier alpha value is -1.95. The molecule has 0 aliphatic rings. The lowest BCUT2D eigenvalue weighted by molar-refractivity contribution is -0.563. The first-order valence-corrected chi connectivity index (χ1v) is 6.34. The molecule has 0 spiro atoms. The molecule has 0 bridgehead atoms. The molecule has 20 heavy (non-hydrogen) atoms. The maximum Gasteiger partial charge on any atom is 0.330 e. The number of carbonyl (C=O) groups is 1. The lowest BCUT2D eigenvalue weighted by atomic mass is 9.93. The van der Waals surface area contributed by atoms with Crippen molar-refractivity contribution in [2.24, 2.45) is 0 Å². The Bertz CT molecular complexity index is 473. The van der Waals surface area contributed by atoms with Crippen molar-refractivity contribution in [3.05, 3.63) is 46.0 Å². The molecule has 2 atom stereocenters. The molecule has 1 aromatic rings. The van der Waals surface area contributed by atoms with Crippen LogP contribution in [0.2, 0.25) is 0 Å². The van der Waals surface area contributed by atoms with Crippen molar-refractivity contribution in [3.63, 3.8) is 0 Å². The van der Waals surface area contributed by atoms with E-state index in [4.69, 9.17) is 0 Å². The number of esters is 1. The lowest BCUT2D eigenvalue weighted by Crippen LogP contribution is -2.57. The summed E-state index contributed by atoms with van der Waals surface area (Å²) in [6.45, 7) is 4.65. The number of methoxy groups -OCH3 is 1. The van der Waals surface area contributed by atoms with Gasteiger partial charge in [0.15, 0.2) is 6.04 Å². The molecule has 0 aromatic heterocycles. The Morgan fingerprint density at radius 1 is 1.35 bits per heavy atom. The molecule has 110 valence electrons. The largest absolute Gasteiger partial charge is 0.468 e. The molecule has 0 aliphatic carbocycles. The monoisotopic (exact) mass is 280 g/mol. The highest BCUT2D eigenvalue weighted by Crippen LogP contribution is 2.20. The Kier molecular flexibility index (Phi) is 5.21. The van der Waals surface area contributed by atoms with Crippen LogP contribution in [0.1, 0.15) is 32.4 Å². The van der Waals surface area contributed by atoms with E-state index in [9.17, 15) is 14.9 Å².